The van der Waals surface area contributed by atoms with E-state index in [1.165, 1.54) is 6.92 Å². The number of esters is 1. The highest BCUT2D eigenvalue weighted by molar-refractivity contribution is 5.94. The first-order valence-corrected chi connectivity index (χ1v) is 7.84. The van der Waals surface area contributed by atoms with Gasteiger partial charge in [0.15, 0.2) is 5.92 Å². The molecule has 0 amide bonds. The third-order valence-corrected chi connectivity index (χ3v) is 4.40. The normalized spacial score (nSPS) is 15.2. The zero-order valence-corrected chi connectivity index (χ0v) is 13.3. The van der Waals surface area contributed by atoms with Gasteiger partial charge in [0.2, 0.25) is 0 Å². The first-order chi connectivity index (χ1) is 11.5. The van der Waals surface area contributed by atoms with Crippen molar-refractivity contribution < 1.29 is 19.4 Å². The van der Waals surface area contributed by atoms with Crippen molar-refractivity contribution in [2.45, 2.75) is 18.9 Å². The van der Waals surface area contributed by atoms with Crippen LogP contribution >= 0.6 is 0 Å². The molecule has 124 valence electrons. The van der Waals surface area contributed by atoms with Gasteiger partial charge in [-0.3, -0.25) is 9.59 Å². The lowest BCUT2D eigenvalue weighted by atomic mass is 9.98. The van der Waals surface area contributed by atoms with Crippen LogP contribution in [0.2, 0.25) is 0 Å². The third kappa shape index (κ3) is 2.78. The zero-order chi connectivity index (χ0) is 17.3. The van der Waals surface area contributed by atoms with E-state index in [2.05, 4.69) is 0 Å². The molecule has 5 nitrogen and oxygen atoms in total. The first kappa shape index (κ1) is 16.2. The summed E-state index contributed by atoms with van der Waals surface area (Å²) in [6.07, 6.45) is 0. The Hall–Kier alpha value is -2.66. The largest absolute Gasteiger partial charge is 0.481 e. The van der Waals surface area contributed by atoms with E-state index in [0.29, 0.717) is 0 Å². The van der Waals surface area contributed by atoms with E-state index in [-0.39, 0.29) is 12.5 Å². The van der Waals surface area contributed by atoms with Crippen LogP contribution in [0.4, 0.5) is 0 Å². The molecular weight excluding hydrogens is 306 g/mol. The van der Waals surface area contributed by atoms with Gasteiger partial charge in [0, 0.05) is 12.0 Å². The number of carboxylic acid groups (broad SMARTS) is 1. The highest BCUT2D eigenvalue weighted by atomic mass is 16.5. The van der Waals surface area contributed by atoms with Crippen LogP contribution < -0.4 is 5.73 Å². The first-order valence-electron chi connectivity index (χ1n) is 7.84. The van der Waals surface area contributed by atoms with Crippen LogP contribution in [0.25, 0.3) is 11.1 Å². The van der Waals surface area contributed by atoms with Crippen LogP contribution in [0.1, 0.15) is 24.0 Å². The predicted molar refractivity (Wildman–Crippen MR) is 89.5 cm³/mol. The van der Waals surface area contributed by atoms with Crippen molar-refractivity contribution in [2.24, 2.45) is 11.7 Å². The molecule has 3 N–H and O–H groups in total. The summed E-state index contributed by atoms with van der Waals surface area (Å²) in [5, 5.41) is 9.14. The molecule has 3 rings (SSSR count). The lowest BCUT2D eigenvalue weighted by Crippen LogP contribution is -2.40. The lowest BCUT2D eigenvalue weighted by Gasteiger charge is -2.18. The number of carboxylic acids is 1. The summed E-state index contributed by atoms with van der Waals surface area (Å²) in [6.45, 7) is 1.59. The number of fused-ring (bicyclic) bond motifs is 3. The number of carbonyl (C=O) groups excluding carboxylic acids is 1. The Morgan fingerprint density at radius 1 is 1.08 bits per heavy atom. The van der Waals surface area contributed by atoms with Crippen molar-refractivity contribution >= 4 is 11.9 Å². The van der Waals surface area contributed by atoms with E-state index in [4.69, 9.17) is 15.6 Å². The van der Waals surface area contributed by atoms with Crippen LogP contribution in [0.15, 0.2) is 48.5 Å². The molecule has 2 aromatic carbocycles. The minimum absolute atomic E-state index is 0.0936. The molecule has 0 radical (unpaired) electrons. The number of hydrogen-bond acceptors (Lipinski definition) is 4. The summed E-state index contributed by atoms with van der Waals surface area (Å²) in [4.78, 5) is 23.3. The van der Waals surface area contributed by atoms with Gasteiger partial charge in [0.1, 0.15) is 6.61 Å². The van der Waals surface area contributed by atoms with Crippen molar-refractivity contribution in [3.8, 4) is 11.1 Å². The monoisotopic (exact) mass is 325 g/mol. The van der Waals surface area contributed by atoms with Gasteiger partial charge in [-0.1, -0.05) is 48.5 Å². The number of hydrogen-bond donors (Lipinski definition) is 2. The summed E-state index contributed by atoms with van der Waals surface area (Å²) >= 11 is 0. The SMILES string of the molecule is CC(N)[C@@H](C(=O)O)C(=O)OCC1c2ccccc2-c2ccccc21. The summed E-state index contributed by atoms with van der Waals surface area (Å²) < 4.78 is 5.32. The van der Waals surface area contributed by atoms with Gasteiger partial charge in [-0.25, -0.2) is 0 Å². The number of benzene rings is 2. The molecule has 0 heterocycles. The number of ether oxygens (including phenoxy) is 1. The Bertz CT molecular complexity index is 739. The Balaban J connectivity index is 1.83. The number of aliphatic carboxylic acids is 1. The summed E-state index contributed by atoms with van der Waals surface area (Å²) in [6, 6.07) is 15.1. The number of nitrogens with two attached hydrogens (primary N) is 1. The molecule has 5 heteroatoms. The average molecular weight is 325 g/mol. The molecule has 0 saturated heterocycles. The molecular formula is C19H19NO4. The van der Waals surface area contributed by atoms with E-state index in [1.807, 2.05) is 48.5 Å². The Morgan fingerprint density at radius 3 is 2.04 bits per heavy atom. The van der Waals surface area contributed by atoms with E-state index in [1.54, 1.807) is 0 Å². The topological polar surface area (TPSA) is 89.6 Å². The molecule has 0 aromatic heterocycles. The fraction of sp³-hybridized carbons (Fsp3) is 0.263. The lowest BCUT2D eigenvalue weighted by molar-refractivity contribution is -0.159. The highest BCUT2D eigenvalue weighted by Gasteiger charge is 2.34. The van der Waals surface area contributed by atoms with Crippen LogP contribution in [-0.4, -0.2) is 29.7 Å². The van der Waals surface area contributed by atoms with Crippen molar-refractivity contribution in [1.82, 2.24) is 0 Å². The van der Waals surface area contributed by atoms with E-state index >= 15 is 0 Å². The summed E-state index contributed by atoms with van der Waals surface area (Å²) in [5.41, 5.74) is 10.0. The van der Waals surface area contributed by atoms with Crippen LogP contribution in [0.5, 0.6) is 0 Å². The highest BCUT2D eigenvalue weighted by Crippen LogP contribution is 2.44. The molecule has 2 aromatic rings. The fourth-order valence-corrected chi connectivity index (χ4v) is 3.23. The quantitative estimate of drug-likeness (QED) is 0.651. The van der Waals surface area contributed by atoms with Crippen LogP contribution in [0, 0.1) is 5.92 Å². The van der Waals surface area contributed by atoms with Crippen LogP contribution in [0.3, 0.4) is 0 Å². The van der Waals surface area contributed by atoms with Gasteiger partial charge in [-0.2, -0.15) is 0 Å². The standard InChI is InChI=1S/C19H19NO4/c1-11(20)17(18(21)22)19(23)24-10-16-14-8-4-2-6-12(14)13-7-3-5-9-15(13)16/h2-9,11,16-17H,10,20H2,1H3,(H,21,22)/t11?,17-/m0/s1. The van der Waals surface area contributed by atoms with Crippen molar-refractivity contribution in [1.29, 1.82) is 0 Å². The second-order valence-corrected chi connectivity index (χ2v) is 6.03. The van der Waals surface area contributed by atoms with Crippen LogP contribution in [-0.2, 0) is 14.3 Å². The van der Waals surface area contributed by atoms with Crippen molar-refractivity contribution in [2.75, 3.05) is 6.61 Å². The molecule has 0 saturated carbocycles. The van der Waals surface area contributed by atoms with Gasteiger partial charge in [-0.05, 0) is 29.2 Å². The minimum atomic E-state index is -1.35. The van der Waals surface area contributed by atoms with Crippen molar-refractivity contribution in [3.05, 3.63) is 59.7 Å². The Morgan fingerprint density at radius 2 is 1.58 bits per heavy atom. The maximum Gasteiger partial charge on any atom is 0.321 e. The minimum Gasteiger partial charge on any atom is -0.481 e. The number of rotatable bonds is 5. The molecule has 0 aliphatic heterocycles. The maximum atomic E-state index is 12.1. The smallest absolute Gasteiger partial charge is 0.321 e. The molecule has 2 atom stereocenters. The summed E-state index contributed by atoms with van der Waals surface area (Å²) in [7, 11) is 0. The second kappa shape index (κ2) is 6.45. The predicted octanol–water partition coefficient (Wildman–Crippen LogP) is 2.39. The molecule has 0 bridgehead atoms. The Kier molecular flexibility index (Phi) is 4.36. The maximum absolute atomic E-state index is 12.1. The molecule has 0 spiro atoms. The van der Waals surface area contributed by atoms with E-state index in [9.17, 15) is 9.59 Å². The van der Waals surface area contributed by atoms with Gasteiger partial charge in [0.05, 0.1) is 0 Å². The third-order valence-electron chi connectivity index (χ3n) is 4.40. The summed E-state index contributed by atoms with van der Waals surface area (Å²) in [5.74, 6) is -3.50. The average Bonchev–Trinajstić information content (AvgIpc) is 2.86. The van der Waals surface area contributed by atoms with E-state index < -0.39 is 23.9 Å². The second-order valence-electron chi connectivity index (χ2n) is 6.03. The van der Waals surface area contributed by atoms with Gasteiger partial charge < -0.3 is 15.6 Å². The molecule has 24 heavy (non-hydrogen) atoms. The van der Waals surface area contributed by atoms with Gasteiger partial charge in [0.25, 0.3) is 0 Å². The molecule has 1 aliphatic carbocycles. The molecule has 0 fully saturated rings. The molecule has 1 unspecified atom stereocenters. The van der Waals surface area contributed by atoms with Gasteiger partial charge >= 0.3 is 11.9 Å². The Labute approximate surface area is 140 Å². The number of carbonyl (C=O) groups is 2. The van der Waals surface area contributed by atoms with E-state index in [0.717, 1.165) is 22.3 Å². The molecule has 1 aliphatic rings. The van der Waals surface area contributed by atoms with Crippen molar-refractivity contribution in [3.63, 3.8) is 0 Å². The zero-order valence-electron chi connectivity index (χ0n) is 13.3. The van der Waals surface area contributed by atoms with Gasteiger partial charge in [-0.15, -0.1) is 0 Å². The fourth-order valence-electron chi connectivity index (χ4n) is 3.23.